The molecule has 4 bridgehead atoms. The first-order valence-corrected chi connectivity index (χ1v) is 10.7. The van der Waals surface area contributed by atoms with E-state index in [9.17, 15) is 13.2 Å². The first-order valence-electron chi connectivity index (χ1n) is 9.17. The second kappa shape index (κ2) is 5.58. The van der Waals surface area contributed by atoms with Gasteiger partial charge in [0.2, 0.25) is 10.0 Å². The number of aromatic nitrogens is 1. The molecule has 0 aromatic carbocycles. The van der Waals surface area contributed by atoms with Gasteiger partial charge in [-0.25, -0.2) is 13.1 Å². The van der Waals surface area contributed by atoms with Gasteiger partial charge in [0.15, 0.2) is 0 Å². The number of carbonyl (C=O) groups is 1. The van der Waals surface area contributed by atoms with Crippen molar-refractivity contribution in [1.29, 1.82) is 0 Å². The summed E-state index contributed by atoms with van der Waals surface area (Å²) in [4.78, 5) is 11.5. The van der Waals surface area contributed by atoms with Crippen LogP contribution in [0.15, 0.2) is 17.2 Å². The monoisotopic (exact) mass is 365 g/mol. The molecule has 0 saturated heterocycles. The fourth-order valence-electron chi connectivity index (χ4n) is 6.06. The largest absolute Gasteiger partial charge is 0.364 e. The smallest absolute Gasteiger partial charge is 0.265 e. The highest BCUT2D eigenvalue weighted by Crippen LogP contribution is 2.61. The zero-order chi connectivity index (χ0) is 18.0. The van der Waals surface area contributed by atoms with E-state index >= 15 is 0 Å². The van der Waals surface area contributed by atoms with Crippen LogP contribution in [0, 0.1) is 23.2 Å². The van der Waals surface area contributed by atoms with E-state index in [-0.39, 0.29) is 22.0 Å². The van der Waals surface area contributed by atoms with Crippen LogP contribution < -0.4 is 10.5 Å². The van der Waals surface area contributed by atoms with Crippen molar-refractivity contribution in [3.05, 3.63) is 18.0 Å². The summed E-state index contributed by atoms with van der Waals surface area (Å²) in [5.41, 5.74) is 5.60. The molecule has 138 valence electrons. The normalized spacial score (nSPS) is 35.0. The van der Waals surface area contributed by atoms with E-state index in [0.717, 1.165) is 37.0 Å². The Bertz CT molecular complexity index is 776. The number of aryl methyl sites for hydroxylation is 1. The van der Waals surface area contributed by atoms with Gasteiger partial charge in [-0.2, -0.15) is 0 Å². The highest BCUT2D eigenvalue weighted by Gasteiger charge is 2.53. The van der Waals surface area contributed by atoms with Crippen LogP contribution in [-0.2, 0) is 17.1 Å². The maximum atomic E-state index is 12.8. The van der Waals surface area contributed by atoms with Gasteiger partial charge in [0.25, 0.3) is 5.91 Å². The standard InChI is InChI=1S/C18H27N3O3S/c1-11(18-7-12-3-13(8-18)5-14(4-12)9-18)20-25(23,24)15-6-16(17(19)22)21(2)10-15/h6,10-14,20H,3-5,7-9H2,1-2H3,(H2,19,22)/t11-,12?,13?,14?,18?/m0/s1. The fraction of sp³-hybridized carbons (Fsp3) is 0.722. The molecule has 4 aliphatic rings. The van der Waals surface area contributed by atoms with E-state index in [0.29, 0.717) is 0 Å². The molecular weight excluding hydrogens is 338 g/mol. The zero-order valence-corrected chi connectivity index (χ0v) is 15.7. The van der Waals surface area contributed by atoms with Gasteiger partial charge < -0.3 is 10.3 Å². The number of nitrogens with one attached hydrogen (secondary N) is 1. The summed E-state index contributed by atoms with van der Waals surface area (Å²) in [5.74, 6) is 1.70. The Morgan fingerprint density at radius 3 is 2.20 bits per heavy atom. The van der Waals surface area contributed by atoms with Gasteiger partial charge in [-0.15, -0.1) is 0 Å². The highest BCUT2D eigenvalue weighted by molar-refractivity contribution is 7.89. The Morgan fingerprint density at radius 2 is 1.76 bits per heavy atom. The Morgan fingerprint density at radius 1 is 1.24 bits per heavy atom. The molecule has 5 rings (SSSR count). The van der Waals surface area contributed by atoms with Crippen molar-refractivity contribution >= 4 is 15.9 Å². The lowest BCUT2D eigenvalue weighted by Gasteiger charge is -2.59. The number of nitrogens with zero attached hydrogens (tertiary/aromatic N) is 1. The second-order valence-corrected chi connectivity index (χ2v) is 10.4. The molecule has 4 aliphatic carbocycles. The third-order valence-corrected chi connectivity index (χ3v) is 8.39. The topological polar surface area (TPSA) is 94.2 Å². The molecule has 1 aromatic rings. The number of hydrogen-bond donors (Lipinski definition) is 2. The van der Waals surface area contributed by atoms with Crippen molar-refractivity contribution in [2.75, 3.05) is 0 Å². The maximum Gasteiger partial charge on any atom is 0.265 e. The van der Waals surface area contributed by atoms with E-state index in [1.54, 1.807) is 7.05 Å². The molecule has 0 spiro atoms. The molecule has 1 atom stereocenters. The maximum absolute atomic E-state index is 12.8. The van der Waals surface area contributed by atoms with Gasteiger partial charge >= 0.3 is 0 Å². The van der Waals surface area contributed by atoms with Crippen LogP contribution >= 0.6 is 0 Å². The summed E-state index contributed by atoms with van der Waals surface area (Å²) < 4.78 is 30.1. The molecular formula is C18H27N3O3S. The first kappa shape index (κ1) is 17.1. The Hall–Kier alpha value is -1.34. The lowest BCUT2D eigenvalue weighted by molar-refractivity contribution is -0.0666. The van der Waals surface area contributed by atoms with Crippen molar-refractivity contribution in [2.45, 2.75) is 56.4 Å². The van der Waals surface area contributed by atoms with Crippen molar-refractivity contribution in [1.82, 2.24) is 9.29 Å². The van der Waals surface area contributed by atoms with Gasteiger partial charge in [-0.05, 0) is 74.7 Å². The number of rotatable bonds is 5. The van der Waals surface area contributed by atoms with Gasteiger partial charge in [-0.3, -0.25) is 4.79 Å². The number of nitrogens with two attached hydrogens (primary N) is 1. The van der Waals surface area contributed by atoms with Gasteiger partial charge in [0, 0.05) is 19.3 Å². The summed E-state index contributed by atoms with van der Waals surface area (Å²) in [5, 5.41) is 0. The summed E-state index contributed by atoms with van der Waals surface area (Å²) in [6.07, 6.45) is 8.88. The Labute approximate surface area is 149 Å². The SMILES string of the molecule is C[C@H](NS(=O)(=O)c1cc(C(N)=O)n(C)c1)C12CC3CC(CC(C3)C1)C2. The summed E-state index contributed by atoms with van der Waals surface area (Å²) in [6.45, 7) is 2.02. The predicted octanol–water partition coefficient (Wildman–Crippen LogP) is 2.01. The third kappa shape index (κ3) is 2.81. The van der Waals surface area contributed by atoms with Crippen molar-refractivity contribution in [2.24, 2.45) is 36.0 Å². The Kier molecular flexibility index (Phi) is 3.81. The molecule has 4 fully saturated rings. The first-order chi connectivity index (χ1) is 11.7. The van der Waals surface area contributed by atoms with E-state index in [1.807, 2.05) is 6.92 Å². The van der Waals surface area contributed by atoms with E-state index < -0.39 is 15.9 Å². The predicted molar refractivity (Wildman–Crippen MR) is 94.3 cm³/mol. The highest BCUT2D eigenvalue weighted by atomic mass is 32.2. The fourth-order valence-corrected chi connectivity index (χ4v) is 7.48. The van der Waals surface area contributed by atoms with Gasteiger partial charge in [0.05, 0.1) is 0 Å². The molecule has 4 saturated carbocycles. The molecule has 25 heavy (non-hydrogen) atoms. The van der Waals surface area contributed by atoms with Crippen LogP contribution in [0.1, 0.15) is 55.9 Å². The minimum atomic E-state index is -3.67. The number of carbonyl (C=O) groups excluding carboxylic acids is 1. The third-order valence-electron chi connectivity index (χ3n) is 6.88. The lowest BCUT2D eigenvalue weighted by Crippen LogP contribution is -2.55. The van der Waals surface area contributed by atoms with Crippen LogP contribution in [0.25, 0.3) is 0 Å². The molecule has 1 aromatic heterocycles. The summed E-state index contributed by atoms with van der Waals surface area (Å²) >= 11 is 0. The molecule has 0 aliphatic heterocycles. The molecule has 0 radical (unpaired) electrons. The van der Waals surface area contributed by atoms with Gasteiger partial charge in [-0.1, -0.05) is 0 Å². The van der Waals surface area contributed by atoms with E-state index in [1.165, 1.54) is 36.1 Å². The quantitative estimate of drug-likeness (QED) is 0.836. The molecule has 1 amide bonds. The summed E-state index contributed by atoms with van der Waals surface area (Å²) in [6, 6.07) is 1.26. The van der Waals surface area contributed by atoms with Crippen molar-refractivity contribution < 1.29 is 13.2 Å². The van der Waals surface area contributed by atoms with Crippen molar-refractivity contribution in [3.8, 4) is 0 Å². The number of sulfonamides is 1. The number of amides is 1. The van der Waals surface area contributed by atoms with Crippen LogP contribution in [0.2, 0.25) is 0 Å². The molecule has 0 unspecified atom stereocenters. The average Bonchev–Trinajstić information content (AvgIpc) is 2.88. The Balaban J connectivity index is 1.57. The summed E-state index contributed by atoms with van der Waals surface area (Å²) in [7, 11) is -2.04. The zero-order valence-electron chi connectivity index (χ0n) is 14.9. The van der Waals surface area contributed by atoms with Crippen LogP contribution in [-0.4, -0.2) is 24.9 Å². The molecule has 6 nitrogen and oxygen atoms in total. The molecule has 1 heterocycles. The van der Waals surface area contributed by atoms with Crippen LogP contribution in [0.3, 0.4) is 0 Å². The molecule has 3 N–H and O–H groups in total. The average molecular weight is 365 g/mol. The minimum absolute atomic E-state index is 0.0943. The van der Waals surface area contributed by atoms with Crippen molar-refractivity contribution in [3.63, 3.8) is 0 Å². The van der Waals surface area contributed by atoms with Gasteiger partial charge in [0.1, 0.15) is 10.6 Å². The van der Waals surface area contributed by atoms with E-state index in [2.05, 4.69) is 4.72 Å². The number of primary amides is 1. The van der Waals surface area contributed by atoms with Crippen LogP contribution in [0.5, 0.6) is 0 Å². The molecule has 7 heteroatoms. The van der Waals surface area contributed by atoms with E-state index in [4.69, 9.17) is 5.73 Å². The van der Waals surface area contributed by atoms with Crippen LogP contribution in [0.4, 0.5) is 0 Å². The lowest BCUT2D eigenvalue weighted by atomic mass is 9.48. The number of hydrogen-bond acceptors (Lipinski definition) is 3. The second-order valence-electron chi connectivity index (χ2n) is 8.66. The minimum Gasteiger partial charge on any atom is -0.364 e.